The summed E-state index contributed by atoms with van der Waals surface area (Å²) in [5.41, 5.74) is 9.53. The van der Waals surface area contributed by atoms with E-state index in [1.165, 1.54) is 64.2 Å². The third-order valence-corrected chi connectivity index (χ3v) is 9.54. The predicted molar refractivity (Wildman–Crippen MR) is 190 cm³/mol. The quantitative estimate of drug-likeness (QED) is 0.105. The van der Waals surface area contributed by atoms with Gasteiger partial charge in [-0.15, -0.1) is 0 Å². The Labute approximate surface area is 306 Å². The zero-order valence-electron chi connectivity index (χ0n) is 31.2. The number of nitrogens with zero attached hydrogens (tertiary/aromatic N) is 4. The zero-order valence-corrected chi connectivity index (χ0v) is 31.2. The van der Waals surface area contributed by atoms with Crippen molar-refractivity contribution in [3.63, 3.8) is 0 Å². The Hall–Kier alpha value is -4.24. The number of amides is 4. The topological polar surface area (TPSA) is 252 Å². The van der Waals surface area contributed by atoms with Gasteiger partial charge >= 0.3 is 24.0 Å². The number of urea groups is 2. The number of nitrogens with two attached hydrogens (primary N) is 2. The van der Waals surface area contributed by atoms with E-state index in [1.54, 1.807) is 0 Å². The second-order valence-electron chi connectivity index (χ2n) is 15.2. The van der Waals surface area contributed by atoms with Crippen molar-refractivity contribution in [3.05, 3.63) is 23.4 Å². The van der Waals surface area contributed by atoms with Crippen molar-refractivity contribution in [1.29, 1.82) is 0 Å². The summed E-state index contributed by atoms with van der Waals surface area (Å²) in [6.45, 7) is 5.72. The average molecular weight is 733 g/mol. The minimum Gasteiger partial charge on any atom is -0.481 e. The molecule has 0 saturated heterocycles. The van der Waals surface area contributed by atoms with E-state index in [9.17, 15) is 19.2 Å². The molecule has 52 heavy (non-hydrogen) atoms. The largest absolute Gasteiger partial charge is 0.481 e. The van der Waals surface area contributed by atoms with Crippen LogP contribution in [0.5, 0.6) is 0 Å². The summed E-state index contributed by atoms with van der Waals surface area (Å²) in [6, 6.07) is -1.32. The Morgan fingerprint density at radius 1 is 0.750 bits per heavy atom. The fourth-order valence-corrected chi connectivity index (χ4v) is 7.02. The highest BCUT2D eigenvalue weighted by Crippen LogP contribution is 2.33. The van der Waals surface area contributed by atoms with E-state index in [-0.39, 0.29) is 43.7 Å². The maximum Gasteiger partial charge on any atom is 0.312 e. The lowest BCUT2D eigenvalue weighted by Gasteiger charge is -2.23. The van der Waals surface area contributed by atoms with E-state index >= 15 is 0 Å². The number of ether oxygens (including phenoxy) is 1. The van der Waals surface area contributed by atoms with Gasteiger partial charge in [0.1, 0.15) is 5.60 Å². The van der Waals surface area contributed by atoms with Crippen molar-refractivity contribution in [2.24, 2.45) is 23.3 Å². The van der Waals surface area contributed by atoms with Gasteiger partial charge in [-0.05, 0) is 45.4 Å². The lowest BCUT2D eigenvalue weighted by molar-refractivity contribution is -0.155. The zero-order chi connectivity index (χ0) is 37.9. The molecule has 2 saturated carbocycles. The monoisotopic (exact) mass is 732 g/mol. The predicted octanol–water partition coefficient (Wildman–Crippen LogP) is 6.35. The molecule has 2 heterocycles. The molecule has 4 rings (SSSR count). The molecule has 0 spiro atoms. The SMILES string of the molecule is CC(C)(C)OC(=O)C[C@@H](CCCC1CCCCC1)c1nc(CNC(N)=O)no1.NC(=O)NCc1noc([C@H](CCCC2CCCCC2)CC(=O)O)n1. The van der Waals surface area contributed by atoms with Crippen LogP contribution in [0.15, 0.2) is 9.05 Å². The van der Waals surface area contributed by atoms with Crippen molar-refractivity contribution in [1.82, 2.24) is 30.9 Å². The number of hydrogen-bond donors (Lipinski definition) is 5. The first-order chi connectivity index (χ1) is 24.8. The maximum absolute atomic E-state index is 12.3. The van der Waals surface area contributed by atoms with Gasteiger partial charge in [0, 0.05) is 11.8 Å². The molecule has 292 valence electrons. The van der Waals surface area contributed by atoms with Crippen LogP contribution in [0.1, 0.15) is 172 Å². The summed E-state index contributed by atoms with van der Waals surface area (Å²) in [4.78, 5) is 53.5. The van der Waals surface area contributed by atoms with Gasteiger partial charge in [-0.3, -0.25) is 9.59 Å². The molecule has 16 heteroatoms. The van der Waals surface area contributed by atoms with Crippen LogP contribution in [0.2, 0.25) is 0 Å². The Kier molecular flexibility index (Phi) is 17.8. The van der Waals surface area contributed by atoms with Crippen LogP contribution in [-0.4, -0.2) is 55.0 Å². The van der Waals surface area contributed by atoms with Crippen LogP contribution in [0.3, 0.4) is 0 Å². The van der Waals surface area contributed by atoms with E-state index in [1.807, 2.05) is 20.8 Å². The summed E-state index contributed by atoms with van der Waals surface area (Å²) in [5, 5.41) is 21.6. The van der Waals surface area contributed by atoms with Gasteiger partial charge < -0.3 is 41.0 Å². The molecule has 2 aromatic rings. The first kappa shape index (κ1) is 42.2. The van der Waals surface area contributed by atoms with Gasteiger partial charge in [0.05, 0.1) is 25.9 Å². The van der Waals surface area contributed by atoms with E-state index in [4.69, 9.17) is 30.4 Å². The number of rotatable bonds is 18. The van der Waals surface area contributed by atoms with E-state index in [2.05, 4.69) is 30.9 Å². The van der Waals surface area contributed by atoms with Crippen LogP contribution in [-0.2, 0) is 27.4 Å². The highest BCUT2D eigenvalue weighted by atomic mass is 16.6. The van der Waals surface area contributed by atoms with Gasteiger partial charge in [-0.25, -0.2) is 9.59 Å². The number of carboxylic acids is 1. The fraction of sp³-hybridized carbons (Fsp3) is 0.778. The van der Waals surface area contributed by atoms with Gasteiger partial charge in [-0.2, -0.15) is 9.97 Å². The van der Waals surface area contributed by atoms with Gasteiger partial charge in [0.2, 0.25) is 11.8 Å². The standard InChI is InChI=1S/C20H34N4O4.C16H26N4O4/c1-20(2,3)27-17(25)12-15(11-7-10-14-8-5-4-6-9-14)18-23-16(24-28-18)13-22-19(21)26;17-16(23)18-10-13-19-15(24-20-13)12(9-14(21)22)8-4-7-11-5-2-1-3-6-11/h14-15H,4-13H2,1-3H3,(H3,21,22,26);11-12H,1-10H2,(H,21,22)(H3,17,18,23)/t15-;12-/m11/s1. The third kappa shape index (κ3) is 17.3. The summed E-state index contributed by atoms with van der Waals surface area (Å²) in [6.07, 6.45) is 19.1. The van der Waals surface area contributed by atoms with Gasteiger partial charge in [0.25, 0.3) is 0 Å². The molecule has 4 amide bonds. The first-order valence-corrected chi connectivity index (χ1v) is 18.9. The molecule has 0 bridgehead atoms. The van der Waals surface area contributed by atoms with Crippen LogP contribution < -0.4 is 22.1 Å². The van der Waals surface area contributed by atoms with E-state index in [0.29, 0.717) is 29.9 Å². The number of carbonyl (C=O) groups excluding carboxylic acids is 3. The molecule has 2 atom stereocenters. The molecule has 0 aliphatic heterocycles. The number of esters is 1. The molecule has 2 aliphatic carbocycles. The van der Waals surface area contributed by atoms with Crippen LogP contribution in [0.4, 0.5) is 9.59 Å². The van der Waals surface area contributed by atoms with Crippen molar-refractivity contribution in [3.8, 4) is 0 Å². The molecular formula is C36H60N8O8. The first-order valence-electron chi connectivity index (χ1n) is 18.9. The molecular weight excluding hydrogens is 672 g/mol. The third-order valence-electron chi connectivity index (χ3n) is 9.54. The fourth-order valence-electron chi connectivity index (χ4n) is 7.02. The molecule has 16 nitrogen and oxygen atoms in total. The number of hydrogen-bond acceptors (Lipinski definition) is 11. The normalized spacial score (nSPS) is 16.6. The molecule has 2 aliphatic rings. The van der Waals surface area contributed by atoms with Crippen molar-refractivity contribution < 1.29 is 38.1 Å². The Morgan fingerprint density at radius 2 is 1.17 bits per heavy atom. The van der Waals surface area contributed by atoms with Crippen molar-refractivity contribution >= 4 is 24.0 Å². The molecule has 0 aromatic carbocycles. The van der Waals surface area contributed by atoms with Gasteiger partial charge in [0.15, 0.2) is 11.6 Å². The van der Waals surface area contributed by atoms with Crippen LogP contribution in [0.25, 0.3) is 0 Å². The lowest BCUT2D eigenvalue weighted by atomic mass is 9.84. The Morgan fingerprint density at radius 3 is 1.56 bits per heavy atom. The number of carbonyl (C=O) groups is 4. The van der Waals surface area contributed by atoms with Crippen LogP contribution >= 0.6 is 0 Å². The second-order valence-corrected chi connectivity index (χ2v) is 15.2. The number of carboxylic acid groups (broad SMARTS) is 1. The number of primary amides is 2. The molecule has 2 aromatic heterocycles. The summed E-state index contributed by atoms with van der Waals surface area (Å²) < 4.78 is 16.0. The van der Waals surface area contributed by atoms with E-state index < -0.39 is 23.6 Å². The molecule has 0 unspecified atom stereocenters. The van der Waals surface area contributed by atoms with Crippen molar-refractivity contribution in [2.45, 2.75) is 167 Å². The highest BCUT2D eigenvalue weighted by molar-refractivity contribution is 5.72. The minimum absolute atomic E-state index is 0.0322. The molecule has 0 radical (unpaired) electrons. The van der Waals surface area contributed by atoms with Gasteiger partial charge in [-0.1, -0.05) is 100 Å². The van der Waals surface area contributed by atoms with Crippen LogP contribution in [0, 0.1) is 11.8 Å². The number of nitrogens with one attached hydrogen (secondary N) is 2. The number of aromatic nitrogens is 4. The van der Waals surface area contributed by atoms with Crippen molar-refractivity contribution in [2.75, 3.05) is 0 Å². The number of aliphatic carboxylic acids is 1. The summed E-state index contributed by atoms with van der Waals surface area (Å²) >= 11 is 0. The highest BCUT2D eigenvalue weighted by Gasteiger charge is 2.27. The maximum atomic E-state index is 12.3. The summed E-state index contributed by atoms with van der Waals surface area (Å²) in [7, 11) is 0. The average Bonchev–Trinajstić information content (AvgIpc) is 3.76. The Bertz CT molecular complexity index is 1380. The minimum atomic E-state index is -0.882. The summed E-state index contributed by atoms with van der Waals surface area (Å²) in [5.74, 6) is 1.29. The lowest BCUT2D eigenvalue weighted by Crippen LogP contribution is -2.29. The molecule has 7 N–H and O–H groups in total. The van der Waals surface area contributed by atoms with E-state index in [0.717, 1.165) is 43.9 Å². The second kappa shape index (κ2) is 22.0. The molecule has 2 fully saturated rings. The smallest absolute Gasteiger partial charge is 0.312 e. The Balaban J connectivity index is 0.000000284.